The third kappa shape index (κ3) is 6.51. The summed E-state index contributed by atoms with van der Waals surface area (Å²) in [6.07, 6.45) is -5.08. The second kappa shape index (κ2) is 6.83. The SMILES string of the molecule is COC(=O)c1cc(N)cc(Cl)c1.O=C(O)C(F)(F)F. The number of carbonyl (C=O) groups is 2. The van der Waals surface area contributed by atoms with Gasteiger partial charge in [0.05, 0.1) is 12.7 Å². The second-order valence-corrected chi connectivity index (χ2v) is 3.50. The summed E-state index contributed by atoms with van der Waals surface area (Å²) in [6, 6.07) is 4.58. The van der Waals surface area contributed by atoms with Crippen LogP contribution >= 0.6 is 11.6 Å². The molecule has 0 bridgehead atoms. The molecule has 0 unspecified atom stereocenters. The monoisotopic (exact) mass is 299 g/mol. The molecule has 3 N–H and O–H groups in total. The number of ether oxygens (including phenoxy) is 1. The van der Waals surface area contributed by atoms with E-state index in [9.17, 15) is 18.0 Å². The zero-order valence-electron chi connectivity index (χ0n) is 9.49. The van der Waals surface area contributed by atoms with E-state index in [1.54, 1.807) is 6.07 Å². The van der Waals surface area contributed by atoms with Gasteiger partial charge in [-0.05, 0) is 18.2 Å². The summed E-state index contributed by atoms with van der Waals surface area (Å²) in [5.74, 6) is -3.20. The van der Waals surface area contributed by atoms with Crippen molar-refractivity contribution >= 4 is 29.2 Å². The molecular weight excluding hydrogens is 291 g/mol. The summed E-state index contributed by atoms with van der Waals surface area (Å²) < 4.78 is 36.2. The maximum Gasteiger partial charge on any atom is 0.490 e. The van der Waals surface area contributed by atoms with Crippen LogP contribution in [-0.4, -0.2) is 30.3 Å². The van der Waals surface area contributed by atoms with Crippen molar-refractivity contribution in [3.05, 3.63) is 28.8 Å². The normalized spacial score (nSPS) is 10.2. The van der Waals surface area contributed by atoms with E-state index < -0.39 is 18.1 Å². The van der Waals surface area contributed by atoms with Crippen LogP contribution in [-0.2, 0) is 9.53 Å². The van der Waals surface area contributed by atoms with E-state index in [1.807, 2.05) is 0 Å². The predicted molar refractivity (Wildman–Crippen MR) is 60.9 cm³/mol. The van der Waals surface area contributed by atoms with Gasteiger partial charge in [-0.25, -0.2) is 9.59 Å². The molecule has 1 aromatic carbocycles. The quantitative estimate of drug-likeness (QED) is 0.613. The first-order chi connectivity index (χ1) is 8.57. The number of benzene rings is 1. The second-order valence-electron chi connectivity index (χ2n) is 3.07. The summed E-state index contributed by atoms with van der Waals surface area (Å²) in [5.41, 5.74) is 6.27. The lowest BCUT2D eigenvalue weighted by atomic mass is 10.2. The maximum absolute atomic E-state index is 11.0. The molecule has 0 spiro atoms. The molecule has 0 aromatic heterocycles. The molecule has 19 heavy (non-hydrogen) atoms. The van der Waals surface area contributed by atoms with Crippen molar-refractivity contribution in [1.29, 1.82) is 0 Å². The number of alkyl halides is 3. The number of carboxylic acid groups (broad SMARTS) is 1. The van der Waals surface area contributed by atoms with Gasteiger partial charge in [-0.1, -0.05) is 11.6 Å². The highest BCUT2D eigenvalue weighted by atomic mass is 35.5. The largest absolute Gasteiger partial charge is 0.490 e. The van der Waals surface area contributed by atoms with E-state index in [4.69, 9.17) is 27.2 Å². The fourth-order valence-electron chi connectivity index (χ4n) is 0.848. The minimum atomic E-state index is -5.08. The molecule has 0 radical (unpaired) electrons. The van der Waals surface area contributed by atoms with E-state index >= 15 is 0 Å². The van der Waals surface area contributed by atoms with Crippen molar-refractivity contribution in [3.8, 4) is 0 Å². The van der Waals surface area contributed by atoms with E-state index in [-0.39, 0.29) is 0 Å². The molecule has 0 atom stereocenters. The number of rotatable bonds is 1. The molecule has 0 aliphatic heterocycles. The average Bonchev–Trinajstić information content (AvgIpc) is 2.26. The number of hydrogen-bond acceptors (Lipinski definition) is 4. The Morgan fingerprint density at radius 3 is 2.11 bits per heavy atom. The Bertz CT molecular complexity index is 456. The molecule has 0 amide bonds. The number of methoxy groups -OCH3 is 1. The smallest absolute Gasteiger partial charge is 0.475 e. The lowest BCUT2D eigenvalue weighted by Gasteiger charge is -2.00. The highest BCUT2D eigenvalue weighted by Gasteiger charge is 2.38. The molecular formula is C10H9ClF3NO4. The number of nitrogen functional groups attached to an aromatic ring is 1. The summed E-state index contributed by atoms with van der Waals surface area (Å²) in [7, 11) is 1.30. The Morgan fingerprint density at radius 2 is 1.79 bits per heavy atom. The van der Waals surface area contributed by atoms with Crippen molar-refractivity contribution in [2.24, 2.45) is 0 Å². The maximum atomic E-state index is 11.0. The van der Waals surface area contributed by atoms with Crippen molar-refractivity contribution in [2.75, 3.05) is 12.8 Å². The van der Waals surface area contributed by atoms with Crippen molar-refractivity contribution in [1.82, 2.24) is 0 Å². The molecule has 0 fully saturated rings. The van der Waals surface area contributed by atoms with Gasteiger partial charge in [-0.15, -0.1) is 0 Å². The first-order valence-electron chi connectivity index (χ1n) is 4.52. The zero-order valence-corrected chi connectivity index (χ0v) is 10.2. The van der Waals surface area contributed by atoms with Crippen LogP contribution in [0.4, 0.5) is 18.9 Å². The van der Waals surface area contributed by atoms with Gasteiger partial charge < -0.3 is 15.6 Å². The molecule has 5 nitrogen and oxygen atoms in total. The zero-order chi connectivity index (χ0) is 15.2. The average molecular weight is 300 g/mol. The van der Waals surface area contributed by atoms with Crippen LogP contribution in [0, 0.1) is 0 Å². The first-order valence-corrected chi connectivity index (χ1v) is 4.90. The van der Waals surface area contributed by atoms with E-state index in [1.165, 1.54) is 19.2 Å². The lowest BCUT2D eigenvalue weighted by Crippen LogP contribution is -2.21. The van der Waals surface area contributed by atoms with Gasteiger partial charge in [0.25, 0.3) is 0 Å². The van der Waals surface area contributed by atoms with Gasteiger partial charge in [-0.2, -0.15) is 13.2 Å². The Hall–Kier alpha value is -1.96. The number of nitrogens with two attached hydrogens (primary N) is 1. The van der Waals surface area contributed by atoms with Crippen LogP contribution < -0.4 is 5.73 Å². The standard InChI is InChI=1S/C8H8ClNO2.C2HF3O2/c1-12-8(11)5-2-6(9)4-7(10)3-5;3-2(4,5)1(6)7/h2-4H,10H2,1H3;(H,6,7). The fraction of sp³-hybridized carbons (Fsp3) is 0.200. The van der Waals surface area contributed by atoms with Crippen LogP contribution in [0.15, 0.2) is 18.2 Å². The highest BCUT2D eigenvalue weighted by molar-refractivity contribution is 6.31. The van der Waals surface area contributed by atoms with E-state index in [2.05, 4.69) is 4.74 Å². The number of hydrogen-bond donors (Lipinski definition) is 2. The van der Waals surface area contributed by atoms with Gasteiger partial charge in [0, 0.05) is 10.7 Å². The predicted octanol–water partition coefficient (Wildman–Crippen LogP) is 2.34. The van der Waals surface area contributed by atoms with Crippen LogP contribution in [0.1, 0.15) is 10.4 Å². The Balaban J connectivity index is 0.000000399. The van der Waals surface area contributed by atoms with Gasteiger partial charge in [0.2, 0.25) is 0 Å². The van der Waals surface area contributed by atoms with Crippen LogP contribution in [0.25, 0.3) is 0 Å². The number of halogens is 4. The van der Waals surface area contributed by atoms with Gasteiger partial charge in [0.1, 0.15) is 0 Å². The third-order valence-electron chi connectivity index (χ3n) is 1.58. The first kappa shape index (κ1) is 17.0. The van der Waals surface area contributed by atoms with Crippen molar-refractivity contribution in [3.63, 3.8) is 0 Å². The highest BCUT2D eigenvalue weighted by Crippen LogP contribution is 2.16. The molecule has 0 aliphatic carbocycles. The minimum absolute atomic E-state index is 0.363. The topological polar surface area (TPSA) is 89.6 Å². The van der Waals surface area contributed by atoms with Gasteiger partial charge in [-0.3, -0.25) is 0 Å². The molecule has 106 valence electrons. The van der Waals surface area contributed by atoms with Gasteiger partial charge >= 0.3 is 18.1 Å². The summed E-state index contributed by atoms with van der Waals surface area (Å²) in [4.78, 5) is 19.9. The van der Waals surface area contributed by atoms with E-state index in [0.717, 1.165) is 0 Å². The van der Waals surface area contributed by atoms with Gasteiger partial charge in [0.15, 0.2) is 0 Å². The Morgan fingerprint density at radius 1 is 1.32 bits per heavy atom. The molecule has 0 saturated heterocycles. The molecule has 0 saturated carbocycles. The lowest BCUT2D eigenvalue weighted by molar-refractivity contribution is -0.192. The number of esters is 1. The fourth-order valence-corrected chi connectivity index (χ4v) is 1.09. The number of anilines is 1. The van der Waals surface area contributed by atoms with Crippen LogP contribution in [0.2, 0.25) is 5.02 Å². The number of carbonyl (C=O) groups excluding carboxylic acids is 1. The third-order valence-corrected chi connectivity index (χ3v) is 1.80. The minimum Gasteiger partial charge on any atom is -0.475 e. The molecule has 9 heteroatoms. The van der Waals surface area contributed by atoms with Crippen LogP contribution in [0.5, 0.6) is 0 Å². The summed E-state index contributed by atoms with van der Waals surface area (Å²) in [5, 5.41) is 7.55. The molecule has 0 aliphatic rings. The Labute approximate surface area is 110 Å². The Kier molecular flexibility index (Phi) is 6.13. The van der Waals surface area contributed by atoms with Crippen LogP contribution in [0.3, 0.4) is 0 Å². The van der Waals surface area contributed by atoms with Crippen molar-refractivity contribution in [2.45, 2.75) is 6.18 Å². The van der Waals surface area contributed by atoms with E-state index in [0.29, 0.717) is 16.3 Å². The number of carboxylic acids is 1. The molecule has 1 rings (SSSR count). The summed E-state index contributed by atoms with van der Waals surface area (Å²) in [6.45, 7) is 0. The molecule has 0 heterocycles. The number of aliphatic carboxylic acids is 1. The summed E-state index contributed by atoms with van der Waals surface area (Å²) >= 11 is 5.66. The van der Waals surface area contributed by atoms with Crippen molar-refractivity contribution < 1.29 is 32.6 Å². The molecule has 1 aromatic rings.